The number of hydrogen-bond acceptors (Lipinski definition) is 7. The highest BCUT2D eigenvalue weighted by Crippen LogP contribution is 2.33. The van der Waals surface area contributed by atoms with E-state index in [9.17, 15) is 14.0 Å². The maximum absolute atomic E-state index is 14.0. The number of likely N-dealkylation sites (N-methyl/N-ethyl adjacent to an activating group) is 1. The largest absolute Gasteiger partial charge is 0.357 e. The number of piperazine rings is 1. The first-order valence-corrected chi connectivity index (χ1v) is 13.9. The molecule has 0 bridgehead atoms. The molecule has 1 fully saturated rings. The third kappa shape index (κ3) is 6.01. The van der Waals surface area contributed by atoms with E-state index in [0.717, 1.165) is 49.4 Å². The molecule has 1 aromatic heterocycles. The number of alkyl halides is 1. The van der Waals surface area contributed by atoms with Gasteiger partial charge in [-0.25, -0.2) is 14.2 Å². The van der Waals surface area contributed by atoms with Gasteiger partial charge in [0.15, 0.2) is 0 Å². The van der Waals surface area contributed by atoms with Gasteiger partial charge in [0.05, 0.1) is 12.2 Å². The summed E-state index contributed by atoms with van der Waals surface area (Å²) in [6, 6.07) is 10.5. The molecule has 11 heteroatoms. The lowest BCUT2D eigenvalue weighted by Crippen LogP contribution is -2.46. The second-order valence-electron chi connectivity index (χ2n) is 10.5. The molecule has 3 heterocycles. The number of carbonyl (C=O) groups excluding carboxylic acids is 2. The van der Waals surface area contributed by atoms with Gasteiger partial charge in [0.25, 0.3) is 5.91 Å². The van der Waals surface area contributed by atoms with Gasteiger partial charge in [0, 0.05) is 69.8 Å². The summed E-state index contributed by atoms with van der Waals surface area (Å²) in [5.41, 5.74) is 4.73. The minimum atomic E-state index is -0.633. The molecule has 0 aliphatic carbocycles. The minimum absolute atomic E-state index is 0.232. The maximum Gasteiger partial charge on any atom is 0.330 e. The molecule has 2 aromatic carbocycles. The van der Waals surface area contributed by atoms with Crippen LogP contribution in [0.15, 0.2) is 42.6 Å². The van der Waals surface area contributed by atoms with Crippen LogP contribution in [-0.4, -0.2) is 78.5 Å². The van der Waals surface area contributed by atoms with E-state index in [0.29, 0.717) is 47.4 Å². The van der Waals surface area contributed by atoms with E-state index in [1.165, 1.54) is 4.90 Å². The molecule has 10 nitrogen and oxygen atoms in total. The Morgan fingerprint density at radius 3 is 2.51 bits per heavy atom. The fourth-order valence-corrected chi connectivity index (χ4v) is 5.35. The summed E-state index contributed by atoms with van der Waals surface area (Å²) in [4.78, 5) is 43.1. The SMILES string of the molecule is CCN1CCN(Cc2ccc(C(=O)Nc3ccc(C)c(N4Cc5cnc(NC)nc5N(C)C4=O)c3)cc2CF)CC1. The monoisotopic (exact) mass is 560 g/mol. The summed E-state index contributed by atoms with van der Waals surface area (Å²) in [7, 11) is 3.40. The van der Waals surface area contributed by atoms with E-state index < -0.39 is 6.67 Å². The maximum atomic E-state index is 14.0. The van der Waals surface area contributed by atoms with E-state index in [1.54, 1.807) is 49.5 Å². The van der Waals surface area contributed by atoms with Crippen molar-refractivity contribution in [3.05, 3.63) is 70.4 Å². The number of nitrogens with one attached hydrogen (secondary N) is 2. The Kier molecular flexibility index (Phi) is 8.46. The predicted octanol–water partition coefficient (Wildman–Crippen LogP) is 4.26. The normalized spacial score (nSPS) is 16.1. The number of anilines is 4. The van der Waals surface area contributed by atoms with Crippen molar-refractivity contribution in [3.8, 4) is 0 Å². The standard InChI is InChI=1S/C30H37FN8O2/c1-5-37-10-12-38(13-11-37)18-22-8-7-21(14-23(22)16-31)28(40)34-25-9-6-20(2)26(15-25)39-19-24-17-33-29(32-3)35-27(24)36(4)30(39)41/h6-9,14-15,17H,5,10-13,16,18-19H2,1-4H3,(H,34,40)(H,32,33,35). The van der Waals surface area contributed by atoms with Crippen LogP contribution in [0.2, 0.25) is 0 Å². The van der Waals surface area contributed by atoms with E-state index in [1.807, 2.05) is 19.1 Å². The second kappa shape index (κ2) is 12.2. The van der Waals surface area contributed by atoms with Crippen molar-refractivity contribution in [2.75, 3.05) is 67.3 Å². The summed E-state index contributed by atoms with van der Waals surface area (Å²) in [6.07, 6.45) is 1.71. The molecule has 41 heavy (non-hydrogen) atoms. The topological polar surface area (TPSA) is 96.9 Å². The Balaban J connectivity index is 1.31. The first-order valence-electron chi connectivity index (χ1n) is 13.9. The molecule has 0 atom stereocenters. The van der Waals surface area contributed by atoms with Crippen LogP contribution in [-0.2, 0) is 19.8 Å². The molecule has 216 valence electrons. The highest BCUT2D eigenvalue weighted by molar-refractivity contribution is 6.07. The molecule has 3 aromatic rings. The van der Waals surface area contributed by atoms with Crippen molar-refractivity contribution in [3.63, 3.8) is 0 Å². The van der Waals surface area contributed by atoms with Crippen LogP contribution in [0.1, 0.15) is 39.5 Å². The highest BCUT2D eigenvalue weighted by atomic mass is 19.1. The zero-order valence-corrected chi connectivity index (χ0v) is 24.1. The van der Waals surface area contributed by atoms with Gasteiger partial charge in [-0.3, -0.25) is 19.5 Å². The second-order valence-corrected chi connectivity index (χ2v) is 10.5. The molecule has 1 saturated heterocycles. The van der Waals surface area contributed by atoms with Crippen molar-refractivity contribution >= 4 is 35.1 Å². The predicted molar refractivity (Wildman–Crippen MR) is 159 cm³/mol. The Labute approximate surface area is 240 Å². The number of hydrogen-bond donors (Lipinski definition) is 2. The molecule has 0 unspecified atom stereocenters. The number of amides is 3. The van der Waals surface area contributed by atoms with Gasteiger partial charge in [-0.1, -0.05) is 19.1 Å². The molecule has 2 aliphatic rings. The summed E-state index contributed by atoms with van der Waals surface area (Å²) >= 11 is 0. The van der Waals surface area contributed by atoms with Crippen molar-refractivity contribution in [1.29, 1.82) is 0 Å². The van der Waals surface area contributed by atoms with Gasteiger partial charge in [0.2, 0.25) is 5.95 Å². The van der Waals surface area contributed by atoms with Crippen LogP contribution < -0.4 is 20.4 Å². The van der Waals surface area contributed by atoms with Crippen LogP contribution in [0, 0.1) is 6.92 Å². The van der Waals surface area contributed by atoms with E-state index >= 15 is 0 Å². The van der Waals surface area contributed by atoms with Gasteiger partial charge >= 0.3 is 6.03 Å². The average molecular weight is 561 g/mol. The molecule has 2 aliphatic heterocycles. The fourth-order valence-electron chi connectivity index (χ4n) is 5.35. The number of aryl methyl sites for hydroxylation is 1. The van der Waals surface area contributed by atoms with Gasteiger partial charge in [0.1, 0.15) is 12.5 Å². The molecule has 5 rings (SSSR count). The lowest BCUT2D eigenvalue weighted by Gasteiger charge is -2.35. The van der Waals surface area contributed by atoms with Crippen molar-refractivity contribution in [2.45, 2.75) is 33.6 Å². The number of benzene rings is 2. The smallest absolute Gasteiger partial charge is 0.330 e. The summed E-state index contributed by atoms with van der Waals surface area (Å²) in [5, 5.41) is 5.82. The molecule has 3 amide bonds. The Bertz CT molecular complexity index is 1440. The Hall–Kier alpha value is -4.09. The molecule has 0 saturated carbocycles. The summed E-state index contributed by atoms with van der Waals surface area (Å²) in [5.74, 6) is 0.664. The van der Waals surface area contributed by atoms with E-state index in [-0.39, 0.29) is 11.9 Å². The quantitative estimate of drug-likeness (QED) is 0.425. The van der Waals surface area contributed by atoms with Crippen LogP contribution in [0.25, 0.3) is 0 Å². The van der Waals surface area contributed by atoms with Gasteiger partial charge in [-0.05, 0) is 54.4 Å². The number of aromatic nitrogens is 2. The number of urea groups is 1. The zero-order chi connectivity index (χ0) is 29.1. The number of carbonyl (C=O) groups is 2. The lowest BCUT2D eigenvalue weighted by atomic mass is 10.0. The lowest BCUT2D eigenvalue weighted by molar-refractivity contribution is 0.102. The molecule has 0 spiro atoms. The minimum Gasteiger partial charge on any atom is -0.357 e. The number of rotatable bonds is 8. The van der Waals surface area contributed by atoms with Crippen LogP contribution in [0.5, 0.6) is 0 Å². The van der Waals surface area contributed by atoms with Gasteiger partial charge in [-0.2, -0.15) is 4.98 Å². The van der Waals surface area contributed by atoms with E-state index in [2.05, 4.69) is 37.3 Å². The van der Waals surface area contributed by atoms with Crippen LogP contribution in [0.3, 0.4) is 0 Å². The Morgan fingerprint density at radius 2 is 1.80 bits per heavy atom. The first-order chi connectivity index (χ1) is 19.8. The fraction of sp³-hybridized carbons (Fsp3) is 0.400. The van der Waals surface area contributed by atoms with Crippen molar-refractivity contribution in [1.82, 2.24) is 19.8 Å². The van der Waals surface area contributed by atoms with Crippen LogP contribution >= 0.6 is 0 Å². The molecule has 2 N–H and O–H groups in total. The number of nitrogens with zero attached hydrogens (tertiary/aromatic N) is 6. The first kappa shape index (κ1) is 28.4. The average Bonchev–Trinajstić information content (AvgIpc) is 3.00. The van der Waals surface area contributed by atoms with Crippen LogP contribution in [0.4, 0.5) is 32.3 Å². The Morgan fingerprint density at radius 1 is 1.05 bits per heavy atom. The summed E-state index contributed by atoms with van der Waals surface area (Å²) < 4.78 is 14.0. The third-order valence-electron chi connectivity index (χ3n) is 7.91. The number of fused-ring (bicyclic) bond motifs is 1. The molecular weight excluding hydrogens is 523 g/mol. The molecule has 0 radical (unpaired) electrons. The van der Waals surface area contributed by atoms with Crippen molar-refractivity contribution < 1.29 is 14.0 Å². The van der Waals surface area contributed by atoms with E-state index in [4.69, 9.17) is 0 Å². The number of halogens is 1. The van der Waals surface area contributed by atoms with Gasteiger partial charge < -0.3 is 15.5 Å². The highest BCUT2D eigenvalue weighted by Gasteiger charge is 2.31. The van der Waals surface area contributed by atoms with Gasteiger partial charge in [-0.15, -0.1) is 0 Å². The third-order valence-corrected chi connectivity index (χ3v) is 7.91. The zero-order valence-electron chi connectivity index (χ0n) is 24.1. The molecular formula is C30H37FN8O2. The summed E-state index contributed by atoms with van der Waals surface area (Å²) in [6.45, 7) is 9.38. The van der Waals surface area contributed by atoms with Crippen molar-refractivity contribution in [2.24, 2.45) is 0 Å².